The van der Waals surface area contributed by atoms with Crippen molar-refractivity contribution in [2.24, 2.45) is 10.9 Å². The average molecular weight is 384 g/mol. The molecule has 1 saturated heterocycles. The Morgan fingerprint density at radius 3 is 2.67 bits per heavy atom. The smallest absolute Gasteiger partial charge is 0.193 e. The summed E-state index contributed by atoms with van der Waals surface area (Å²) in [5.74, 6) is 3.81. The van der Waals surface area contributed by atoms with Gasteiger partial charge in [-0.15, -0.1) is 11.8 Å². The monoisotopic (exact) mass is 383 g/mol. The lowest BCUT2D eigenvalue weighted by molar-refractivity contribution is 0.414. The molecule has 1 heterocycles. The van der Waals surface area contributed by atoms with Gasteiger partial charge in [-0.2, -0.15) is 0 Å². The Morgan fingerprint density at radius 2 is 1.96 bits per heavy atom. The Bertz CT molecular complexity index is 718. The van der Waals surface area contributed by atoms with Gasteiger partial charge in [0, 0.05) is 37.3 Å². The Hall–Kier alpha value is -2.14. The lowest BCUT2D eigenvalue weighted by Crippen LogP contribution is -2.41. The molecule has 1 N–H and O–H groups in total. The highest BCUT2D eigenvalue weighted by atomic mass is 32.2. The number of methoxy groups -OCH3 is 1. The molecule has 1 atom stereocenters. The molecule has 0 bridgehead atoms. The molecule has 0 aliphatic carbocycles. The van der Waals surface area contributed by atoms with Crippen molar-refractivity contribution in [1.82, 2.24) is 10.2 Å². The molecule has 27 heavy (non-hydrogen) atoms. The van der Waals surface area contributed by atoms with E-state index in [9.17, 15) is 0 Å². The minimum absolute atomic E-state index is 0.718. The van der Waals surface area contributed by atoms with Crippen LogP contribution in [0.25, 0.3) is 0 Å². The second-order valence-electron chi connectivity index (χ2n) is 6.80. The molecule has 0 radical (unpaired) electrons. The van der Waals surface area contributed by atoms with Gasteiger partial charge < -0.3 is 15.0 Å². The highest BCUT2D eigenvalue weighted by Crippen LogP contribution is 2.25. The third-order valence-electron chi connectivity index (χ3n) is 4.88. The van der Waals surface area contributed by atoms with Crippen LogP contribution in [0.15, 0.2) is 64.5 Å². The van der Waals surface area contributed by atoms with Crippen LogP contribution in [0.5, 0.6) is 5.75 Å². The number of ether oxygens (including phenoxy) is 1. The normalized spacial score (nSPS) is 17.2. The fraction of sp³-hybridized carbons (Fsp3) is 0.409. The SMILES string of the molecule is CN=C(NCCc1ccc(OC)cc1)N1CCC(CSc2ccccc2)C1. The van der Waals surface area contributed by atoms with Crippen molar-refractivity contribution in [3.8, 4) is 5.75 Å². The quantitative estimate of drug-likeness (QED) is 0.447. The van der Waals surface area contributed by atoms with E-state index in [0.29, 0.717) is 0 Å². The second kappa shape index (κ2) is 10.3. The zero-order valence-electron chi connectivity index (χ0n) is 16.2. The van der Waals surface area contributed by atoms with Gasteiger partial charge in [0.15, 0.2) is 5.96 Å². The van der Waals surface area contributed by atoms with Crippen molar-refractivity contribution in [1.29, 1.82) is 0 Å². The van der Waals surface area contributed by atoms with Crippen LogP contribution in [0.4, 0.5) is 0 Å². The first kappa shape index (κ1) is 19.6. The lowest BCUT2D eigenvalue weighted by Gasteiger charge is -2.21. The first-order valence-corrected chi connectivity index (χ1v) is 10.5. The predicted molar refractivity (Wildman–Crippen MR) is 115 cm³/mol. The standard InChI is InChI=1S/C22H29N3OS/c1-23-22(24-14-12-18-8-10-20(26-2)11-9-18)25-15-13-19(16-25)17-27-21-6-4-3-5-7-21/h3-11,19H,12-17H2,1-2H3,(H,23,24). The van der Waals surface area contributed by atoms with E-state index in [1.165, 1.54) is 22.6 Å². The summed E-state index contributed by atoms with van der Waals surface area (Å²) in [5.41, 5.74) is 1.30. The number of nitrogens with one attached hydrogen (secondary N) is 1. The van der Waals surface area contributed by atoms with E-state index in [1.807, 2.05) is 30.9 Å². The van der Waals surface area contributed by atoms with Gasteiger partial charge in [-0.3, -0.25) is 4.99 Å². The number of aliphatic imine (C=N–C) groups is 1. The predicted octanol–water partition coefficient (Wildman–Crippen LogP) is 3.93. The fourth-order valence-electron chi connectivity index (χ4n) is 3.33. The summed E-state index contributed by atoms with van der Waals surface area (Å²) in [6.45, 7) is 3.06. The minimum atomic E-state index is 0.718. The molecule has 0 amide bonds. The molecule has 3 rings (SSSR count). The summed E-state index contributed by atoms with van der Waals surface area (Å²) in [6.07, 6.45) is 2.21. The molecule has 1 unspecified atom stereocenters. The summed E-state index contributed by atoms with van der Waals surface area (Å²) >= 11 is 1.96. The number of nitrogens with zero attached hydrogens (tertiary/aromatic N) is 2. The van der Waals surface area contributed by atoms with Crippen LogP contribution in [0.1, 0.15) is 12.0 Å². The molecule has 0 aromatic heterocycles. The number of hydrogen-bond acceptors (Lipinski definition) is 3. The molecule has 1 aliphatic rings. The number of thioether (sulfide) groups is 1. The maximum atomic E-state index is 5.21. The van der Waals surface area contributed by atoms with Gasteiger partial charge in [0.2, 0.25) is 0 Å². The summed E-state index contributed by atoms with van der Waals surface area (Å²) < 4.78 is 5.21. The van der Waals surface area contributed by atoms with Crippen molar-refractivity contribution < 1.29 is 4.74 Å². The van der Waals surface area contributed by atoms with Gasteiger partial charge in [0.05, 0.1) is 7.11 Å². The van der Waals surface area contributed by atoms with E-state index in [1.54, 1.807) is 7.11 Å². The number of likely N-dealkylation sites (tertiary alicyclic amines) is 1. The van der Waals surface area contributed by atoms with Crippen LogP contribution in [0, 0.1) is 5.92 Å². The Labute approximate surface area is 167 Å². The zero-order valence-corrected chi connectivity index (χ0v) is 17.0. The average Bonchev–Trinajstić information content (AvgIpc) is 3.20. The van der Waals surface area contributed by atoms with E-state index < -0.39 is 0 Å². The summed E-state index contributed by atoms with van der Waals surface area (Å²) in [4.78, 5) is 8.24. The number of guanidine groups is 1. The first-order chi connectivity index (χ1) is 13.3. The molecule has 1 aliphatic heterocycles. The highest BCUT2D eigenvalue weighted by molar-refractivity contribution is 7.99. The van der Waals surface area contributed by atoms with Crippen LogP contribution in [0.3, 0.4) is 0 Å². The van der Waals surface area contributed by atoms with Crippen molar-refractivity contribution in [3.63, 3.8) is 0 Å². The van der Waals surface area contributed by atoms with Crippen molar-refractivity contribution in [2.45, 2.75) is 17.7 Å². The molecule has 4 nitrogen and oxygen atoms in total. The lowest BCUT2D eigenvalue weighted by atomic mass is 10.1. The van der Waals surface area contributed by atoms with E-state index in [4.69, 9.17) is 4.74 Å². The summed E-state index contributed by atoms with van der Waals surface area (Å²) in [7, 11) is 3.57. The highest BCUT2D eigenvalue weighted by Gasteiger charge is 2.24. The largest absolute Gasteiger partial charge is 0.497 e. The fourth-order valence-corrected chi connectivity index (χ4v) is 4.38. The summed E-state index contributed by atoms with van der Waals surface area (Å²) in [6, 6.07) is 18.9. The zero-order chi connectivity index (χ0) is 18.9. The van der Waals surface area contributed by atoms with Gasteiger partial charge >= 0.3 is 0 Å². The van der Waals surface area contributed by atoms with Crippen molar-refractivity contribution in [2.75, 3.05) is 39.5 Å². The Morgan fingerprint density at radius 1 is 1.19 bits per heavy atom. The molecular weight excluding hydrogens is 354 g/mol. The van der Waals surface area contributed by atoms with Crippen LogP contribution >= 0.6 is 11.8 Å². The Kier molecular flexibility index (Phi) is 7.45. The minimum Gasteiger partial charge on any atom is -0.497 e. The number of hydrogen-bond donors (Lipinski definition) is 1. The van der Waals surface area contributed by atoms with Crippen LogP contribution < -0.4 is 10.1 Å². The third-order valence-corrected chi connectivity index (χ3v) is 6.13. The van der Waals surface area contributed by atoms with Gasteiger partial charge in [-0.1, -0.05) is 30.3 Å². The molecule has 5 heteroatoms. The van der Waals surface area contributed by atoms with Crippen LogP contribution in [-0.4, -0.2) is 50.4 Å². The van der Waals surface area contributed by atoms with E-state index >= 15 is 0 Å². The van der Waals surface area contributed by atoms with Crippen LogP contribution in [-0.2, 0) is 6.42 Å². The molecule has 2 aromatic rings. The maximum Gasteiger partial charge on any atom is 0.193 e. The third kappa shape index (κ3) is 5.93. The van der Waals surface area contributed by atoms with Crippen molar-refractivity contribution >= 4 is 17.7 Å². The topological polar surface area (TPSA) is 36.9 Å². The number of rotatable bonds is 7. The van der Waals surface area contributed by atoms with E-state index in [2.05, 4.69) is 57.7 Å². The summed E-state index contributed by atoms with van der Waals surface area (Å²) in [5, 5.41) is 3.52. The van der Waals surface area contributed by atoms with Gasteiger partial charge in [0.25, 0.3) is 0 Å². The molecule has 144 valence electrons. The van der Waals surface area contributed by atoms with Crippen LogP contribution in [0.2, 0.25) is 0 Å². The molecule has 0 spiro atoms. The first-order valence-electron chi connectivity index (χ1n) is 9.55. The van der Waals surface area contributed by atoms with Gasteiger partial charge in [0.1, 0.15) is 5.75 Å². The van der Waals surface area contributed by atoms with Gasteiger partial charge in [-0.05, 0) is 48.6 Å². The van der Waals surface area contributed by atoms with Gasteiger partial charge in [-0.25, -0.2) is 0 Å². The van der Waals surface area contributed by atoms with E-state index in [-0.39, 0.29) is 0 Å². The molecule has 0 saturated carbocycles. The second-order valence-corrected chi connectivity index (χ2v) is 7.89. The molecule has 1 fully saturated rings. The maximum absolute atomic E-state index is 5.21. The van der Waals surface area contributed by atoms with E-state index in [0.717, 1.165) is 43.7 Å². The molecule has 2 aromatic carbocycles. The number of benzene rings is 2. The van der Waals surface area contributed by atoms with Crippen molar-refractivity contribution in [3.05, 3.63) is 60.2 Å². The molecular formula is C22H29N3OS. The Balaban J connectivity index is 1.41.